The number of pyridine rings is 1. The van der Waals surface area contributed by atoms with Gasteiger partial charge in [-0.1, -0.05) is 12.1 Å². The van der Waals surface area contributed by atoms with E-state index in [1.54, 1.807) is 6.92 Å². The zero-order chi connectivity index (χ0) is 25.6. The first-order chi connectivity index (χ1) is 16.3. The van der Waals surface area contributed by atoms with Crippen molar-refractivity contribution in [1.82, 2.24) is 15.0 Å². The molecule has 3 heterocycles. The second-order valence-electron chi connectivity index (χ2n) is 8.96. The lowest BCUT2D eigenvalue weighted by Gasteiger charge is -2.30. The van der Waals surface area contributed by atoms with Crippen LogP contribution in [0.3, 0.4) is 0 Å². The van der Waals surface area contributed by atoms with Gasteiger partial charge in [0.15, 0.2) is 5.03 Å². The summed E-state index contributed by atoms with van der Waals surface area (Å²) >= 11 is 0. The third-order valence-corrected chi connectivity index (χ3v) is 7.97. The number of aliphatic hydroxyl groups is 1. The Hall–Kier alpha value is -2.83. The minimum atomic E-state index is -3.83. The highest BCUT2D eigenvalue weighted by Crippen LogP contribution is 2.40. The first kappa shape index (κ1) is 25.3. The molecule has 0 aliphatic carbocycles. The summed E-state index contributed by atoms with van der Waals surface area (Å²) in [6.07, 6.45) is 1.69. The third kappa shape index (κ3) is 4.69. The van der Waals surface area contributed by atoms with Crippen molar-refractivity contribution in [3.8, 4) is 0 Å². The second-order valence-corrected chi connectivity index (χ2v) is 11.1. The molecule has 0 radical (unpaired) electrons. The van der Waals surface area contributed by atoms with Crippen molar-refractivity contribution in [2.24, 2.45) is 0 Å². The third-order valence-electron chi connectivity index (χ3n) is 5.92. The Bertz CT molecular complexity index is 1370. The molecule has 3 aromatic rings. The molecule has 0 bridgehead atoms. The summed E-state index contributed by atoms with van der Waals surface area (Å²) < 4.78 is 75.3. The number of nitrogens with one attached hydrogen (secondary N) is 1. The topological polar surface area (TPSA) is 114 Å². The first-order valence-corrected chi connectivity index (χ1v) is 12.4. The predicted molar refractivity (Wildman–Crippen MR) is 122 cm³/mol. The van der Waals surface area contributed by atoms with Gasteiger partial charge in [0.05, 0.1) is 29.1 Å². The Labute approximate surface area is 200 Å². The molecule has 8 nitrogen and oxygen atoms in total. The molecule has 1 aromatic carbocycles. The van der Waals surface area contributed by atoms with E-state index in [1.807, 2.05) is 0 Å². The zero-order valence-corrected chi connectivity index (χ0v) is 20.2. The molecule has 1 fully saturated rings. The number of hydrogen-bond acceptors (Lipinski definition) is 8. The Morgan fingerprint density at radius 3 is 2.66 bits per heavy atom. The number of benzene rings is 1. The van der Waals surface area contributed by atoms with Gasteiger partial charge in [-0.25, -0.2) is 27.8 Å². The molecular formula is C23H25F3N4O4S. The molecule has 0 saturated carbocycles. The molecule has 2 aromatic heterocycles. The number of halogens is 3. The van der Waals surface area contributed by atoms with Crippen molar-refractivity contribution in [1.29, 1.82) is 0 Å². The quantitative estimate of drug-likeness (QED) is 0.496. The molecule has 1 aliphatic rings. The summed E-state index contributed by atoms with van der Waals surface area (Å²) in [5, 5.41) is 12.2. The maximum Gasteiger partial charge on any atom is 0.303 e. The number of fused-ring (bicyclic) bond motifs is 1. The molecule has 188 valence electrons. The minimum absolute atomic E-state index is 0.0826. The lowest BCUT2D eigenvalue weighted by Crippen LogP contribution is -2.41. The van der Waals surface area contributed by atoms with E-state index in [9.17, 15) is 22.3 Å². The van der Waals surface area contributed by atoms with Crippen LogP contribution in [0, 0.1) is 12.7 Å². The van der Waals surface area contributed by atoms with Gasteiger partial charge in [-0.3, -0.25) is 0 Å². The smallest absolute Gasteiger partial charge is 0.303 e. The molecule has 35 heavy (non-hydrogen) atoms. The average molecular weight is 511 g/mol. The van der Waals surface area contributed by atoms with E-state index in [1.165, 1.54) is 24.4 Å². The van der Waals surface area contributed by atoms with Gasteiger partial charge < -0.3 is 15.2 Å². The molecule has 12 heteroatoms. The van der Waals surface area contributed by atoms with E-state index in [2.05, 4.69) is 20.3 Å². The van der Waals surface area contributed by atoms with Gasteiger partial charge in [-0.05, 0) is 39.3 Å². The van der Waals surface area contributed by atoms with Crippen LogP contribution in [0.5, 0.6) is 0 Å². The Morgan fingerprint density at radius 2 is 2.00 bits per heavy atom. The van der Waals surface area contributed by atoms with Crippen molar-refractivity contribution in [3.05, 3.63) is 53.2 Å². The lowest BCUT2D eigenvalue weighted by molar-refractivity contribution is -0.170. The van der Waals surface area contributed by atoms with Gasteiger partial charge in [-0.2, -0.15) is 8.78 Å². The number of nitrogens with zero attached hydrogens (tertiary/aromatic N) is 3. The van der Waals surface area contributed by atoms with Crippen molar-refractivity contribution < 1.29 is 31.4 Å². The molecule has 2 N–H and O–H groups in total. The van der Waals surface area contributed by atoms with Gasteiger partial charge in [0.2, 0.25) is 9.84 Å². The average Bonchev–Trinajstić information content (AvgIpc) is 3.33. The van der Waals surface area contributed by atoms with Crippen LogP contribution in [0.2, 0.25) is 0 Å². The molecule has 1 saturated heterocycles. The second kappa shape index (κ2) is 8.99. The van der Waals surface area contributed by atoms with Crippen molar-refractivity contribution in [3.63, 3.8) is 0 Å². The van der Waals surface area contributed by atoms with E-state index in [0.29, 0.717) is 29.8 Å². The number of anilines is 1. The number of aryl methyl sites for hydroxylation is 1. The number of aromatic nitrogens is 3. The van der Waals surface area contributed by atoms with E-state index >= 15 is 4.39 Å². The first-order valence-electron chi connectivity index (χ1n) is 10.9. The number of alkyl halides is 2. The number of rotatable bonds is 7. The molecule has 1 atom stereocenters. The monoisotopic (exact) mass is 510 g/mol. The highest BCUT2D eigenvalue weighted by molar-refractivity contribution is 7.92. The molecule has 0 amide bonds. The highest BCUT2D eigenvalue weighted by Gasteiger charge is 2.49. The number of ether oxygens (including phenoxy) is 1. The van der Waals surface area contributed by atoms with Crippen LogP contribution < -0.4 is 5.32 Å². The lowest BCUT2D eigenvalue weighted by atomic mass is 9.92. The SMILES string of the molecule is Cc1nc(NCc2cccc(C(F)(F)C(C)(C)O)c2F)c2cc(S(=O)(=O)C3CCOC3)ncc2n1. The van der Waals surface area contributed by atoms with Crippen LogP contribution in [0.1, 0.15) is 37.2 Å². The van der Waals surface area contributed by atoms with Crippen LogP contribution in [-0.2, 0) is 27.0 Å². The van der Waals surface area contributed by atoms with E-state index in [4.69, 9.17) is 4.74 Å². The van der Waals surface area contributed by atoms with Gasteiger partial charge in [0.1, 0.15) is 23.1 Å². The normalized spacial score (nSPS) is 17.2. The van der Waals surface area contributed by atoms with Gasteiger partial charge in [-0.15, -0.1) is 0 Å². The van der Waals surface area contributed by atoms with Gasteiger partial charge in [0, 0.05) is 24.1 Å². The molecule has 4 rings (SSSR count). The fourth-order valence-electron chi connectivity index (χ4n) is 3.82. The Morgan fingerprint density at radius 1 is 1.26 bits per heavy atom. The maximum absolute atomic E-state index is 15.0. The minimum Gasteiger partial charge on any atom is -0.384 e. The Balaban J connectivity index is 1.69. The van der Waals surface area contributed by atoms with Crippen molar-refractivity contribution in [2.75, 3.05) is 18.5 Å². The summed E-state index contributed by atoms with van der Waals surface area (Å²) in [4.78, 5) is 12.6. The van der Waals surface area contributed by atoms with E-state index in [-0.39, 0.29) is 29.6 Å². The van der Waals surface area contributed by atoms with Gasteiger partial charge in [0.25, 0.3) is 0 Å². The van der Waals surface area contributed by atoms with Crippen molar-refractivity contribution >= 4 is 26.6 Å². The fourth-order valence-corrected chi connectivity index (χ4v) is 5.32. The molecular weight excluding hydrogens is 485 g/mol. The number of hydrogen-bond donors (Lipinski definition) is 2. The predicted octanol–water partition coefficient (Wildman–Crippen LogP) is 3.51. The number of sulfone groups is 1. The van der Waals surface area contributed by atoms with Crippen LogP contribution >= 0.6 is 0 Å². The van der Waals surface area contributed by atoms with E-state index in [0.717, 1.165) is 19.9 Å². The maximum atomic E-state index is 15.0. The molecule has 1 aliphatic heterocycles. The van der Waals surface area contributed by atoms with Crippen LogP contribution in [0.4, 0.5) is 19.0 Å². The summed E-state index contributed by atoms with van der Waals surface area (Å²) in [6, 6.07) is 4.88. The summed E-state index contributed by atoms with van der Waals surface area (Å²) in [5.74, 6) is -4.43. The largest absolute Gasteiger partial charge is 0.384 e. The summed E-state index contributed by atoms with van der Waals surface area (Å²) in [6.45, 7) is 3.64. The van der Waals surface area contributed by atoms with Crippen LogP contribution in [-0.4, -0.2) is 52.5 Å². The molecule has 0 spiro atoms. The highest BCUT2D eigenvalue weighted by atomic mass is 32.2. The van der Waals surface area contributed by atoms with E-state index < -0.39 is 38.0 Å². The fraction of sp³-hybridized carbons (Fsp3) is 0.435. The van der Waals surface area contributed by atoms with Gasteiger partial charge >= 0.3 is 5.92 Å². The van der Waals surface area contributed by atoms with Crippen LogP contribution in [0.25, 0.3) is 10.9 Å². The Kier molecular flexibility index (Phi) is 6.49. The van der Waals surface area contributed by atoms with Crippen molar-refractivity contribution in [2.45, 2.75) is 55.5 Å². The zero-order valence-electron chi connectivity index (χ0n) is 19.3. The van der Waals surface area contributed by atoms with Crippen LogP contribution in [0.15, 0.2) is 35.5 Å². The standard InChI is InChI=1S/C23H25F3N4O4S/c1-13-29-18-11-27-19(35(32,33)15-7-8-34-12-15)9-16(18)21(30-13)28-10-14-5-4-6-17(20(14)24)23(25,26)22(2,3)31/h4-6,9,11,15,31H,7-8,10,12H2,1-3H3,(H,28,29,30). The molecule has 1 unspecified atom stereocenters. The summed E-state index contributed by atoms with van der Waals surface area (Å²) in [7, 11) is -3.75. The summed E-state index contributed by atoms with van der Waals surface area (Å²) in [5.41, 5.74) is -3.12.